The van der Waals surface area contributed by atoms with Gasteiger partial charge in [-0.1, -0.05) is 18.2 Å². The molecule has 1 aliphatic heterocycles. The number of carbonyl (C=O) groups excluding carboxylic acids is 2. The first-order valence-corrected chi connectivity index (χ1v) is 11.6. The Bertz CT molecular complexity index is 1120. The first-order chi connectivity index (χ1) is 15.9. The van der Waals surface area contributed by atoms with Crippen LogP contribution in [0, 0.1) is 19.8 Å². The number of benzene rings is 2. The molecule has 1 saturated heterocycles. The number of ether oxygens (including phenoxy) is 1. The van der Waals surface area contributed by atoms with Crippen molar-refractivity contribution in [2.45, 2.75) is 39.5 Å². The van der Waals surface area contributed by atoms with Gasteiger partial charge in [0.05, 0.1) is 5.69 Å². The van der Waals surface area contributed by atoms with Crippen LogP contribution in [0.25, 0.3) is 0 Å². The molecule has 4 rings (SSSR count). The van der Waals surface area contributed by atoms with Gasteiger partial charge >= 0.3 is 0 Å². The predicted octanol–water partition coefficient (Wildman–Crippen LogP) is 4.88. The number of hydrogen-bond donors (Lipinski definition) is 0. The molecule has 2 heterocycles. The SMILES string of the molecule is Cc1nn(C)c(C)c1CCC(=O)N1CCC[C@H](C(=O)c2ccc(Oc3ccccc3)cc2)C1. The molecule has 6 heteroatoms. The maximum Gasteiger partial charge on any atom is 0.222 e. The second kappa shape index (κ2) is 10.0. The highest BCUT2D eigenvalue weighted by molar-refractivity contribution is 5.98. The Hall–Kier alpha value is -3.41. The number of hydrogen-bond acceptors (Lipinski definition) is 4. The van der Waals surface area contributed by atoms with Crippen molar-refractivity contribution in [3.63, 3.8) is 0 Å². The molecule has 0 bridgehead atoms. The molecule has 1 amide bonds. The first-order valence-electron chi connectivity index (χ1n) is 11.6. The smallest absolute Gasteiger partial charge is 0.222 e. The van der Waals surface area contributed by atoms with Crippen LogP contribution in [0.1, 0.15) is 46.6 Å². The number of piperidine rings is 1. The van der Waals surface area contributed by atoms with Crippen LogP contribution >= 0.6 is 0 Å². The summed E-state index contributed by atoms with van der Waals surface area (Å²) in [5.41, 5.74) is 3.89. The summed E-state index contributed by atoms with van der Waals surface area (Å²) in [7, 11) is 1.93. The maximum atomic E-state index is 13.1. The van der Waals surface area contributed by atoms with Gasteiger partial charge in [0.15, 0.2) is 5.78 Å². The van der Waals surface area contributed by atoms with Crippen molar-refractivity contribution in [1.82, 2.24) is 14.7 Å². The Balaban J connectivity index is 1.34. The van der Waals surface area contributed by atoms with E-state index >= 15 is 0 Å². The molecule has 0 saturated carbocycles. The van der Waals surface area contributed by atoms with Crippen LogP contribution in [-0.2, 0) is 18.3 Å². The monoisotopic (exact) mass is 445 g/mol. The number of rotatable bonds is 7. The summed E-state index contributed by atoms with van der Waals surface area (Å²) in [6, 6.07) is 16.8. The minimum Gasteiger partial charge on any atom is -0.457 e. The second-order valence-corrected chi connectivity index (χ2v) is 8.76. The lowest BCUT2D eigenvalue weighted by molar-refractivity contribution is -0.132. The summed E-state index contributed by atoms with van der Waals surface area (Å²) in [5, 5.41) is 4.44. The second-order valence-electron chi connectivity index (χ2n) is 8.76. The number of ketones is 1. The Kier molecular flexibility index (Phi) is 6.92. The molecule has 0 spiro atoms. The number of Topliss-reactive ketones (excluding diaryl/α,β-unsaturated/α-hetero) is 1. The molecule has 2 aromatic carbocycles. The summed E-state index contributed by atoms with van der Waals surface area (Å²) < 4.78 is 7.68. The molecule has 1 fully saturated rings. The van der Waals surface area contributed by atoms with Crippen molar-refractivity contribution in [3.05, 3.63) is 77.1 Å². The molecule has 0 N–H and O–H groups in total. The molecule has 6 nitrogen and oxygen atoms in total. The summed E-state index contributed by atoms with van der Waals surface area (Å²) in [5.74, 6) is 1.50. The highest BCUT2D eigenvalue weighted by Crippen LogP contribution is 2.25. The van der Waals surface area contributed by atoms with E-state index < -0.39 is 0 Å². The Morgan fingerprint density at radius 1 is 1.03 bits per heavy atom. The highest BCUT2D eigenvalue weighted by atomic mass is 16.5. The largest absolute Gasteiger partial charge is 0.457 e. The zero-order chi connectivity index (χ0) is 23.4. The first kappa shape index (κ1) is 22.8. The van der Waals surface area contributed by atoms with Crippen LogP contribution in [0.2, 0.25) is 0 Å². The van der Waals surface area contributed by atoms with Gasteiger partial charge in [0.25, 0.3) is 0 Å². The summed E-state index contributed by atoms with van der Waals surface area (Å²) in [6.07, 6.45) is 2.79. The van der Waals surface area contributed by atoms with Crippen LogP contribution < -0.4 is 4.74 Å². The fourth-order valence-electron chi connectivity index (χ4n) is 4.53. The van der Waals surface area contributed by atoms with Gasteiger partial charge in [-0.05, 0) is 75.1 Å². The summed E-state index contributed by atoms with van der Waals surface area (Å²) in [4.78, 5) is 27.9. The van der Waals surface area contributed by atoms with E-state index in [0.29, 0.717) is 30.7 Å². The van der Waals surface area contributed by atoms with Gasteiger partial charge in [-0.25, -0.2) is 0 Å². The van der Waals surface area contributed by atoms with Crippen molar-refractivity contribution < 1.29 is 14.3 Å². The highest BCUT2D eigenvalue weighted by Gasteiger charge is 2.29. The lowest BCUT2D eigenvalue weighted by atomic mass is 9.89. The fourth-order valence-corrected chi connectivity index (χ4v) is 4.53. The number of aryl methyl sites for hydroxylation is 2. The Morgan fingerprint density at radius 2 is 1.73 bits per heavy atom. The van der Waals surface area contributed by atoms with Gasteiger partial charge in [-0.3, -0.25) is 14.3 Å². The van der Waals surface area contributed by atoms with Crippen molar-refractivity contribution in [2.75, 3.05) is 13.1 Å². The van der Waals surface area contributed by atoms with E-state index in [1.165, 1.54) is 0 Å². The number of aromatic nitrogens is 2. The van der Waals surface area contributed by atoms with E-state index in [0.717, 1.165) is 42.1 Å². The Morgan fingerprint density at radius 3 is 2.39 bits per heavy atom. The molecule has 0 unspecified atom stereocenters. The molecular weight excluding hydrogens is 414 g/mol. The van der Waals surface area contributed by atoms with E-state index in [-0.39, 0.29) is 17.6 Å². The molecule has 1 atom stereocenters. The van der Waals surface area contributed by atoms with Gasteiger partial charge in [0.1, 0.15) is 11.5 Å². The maximum absolute atomic E-state index is 13.1. The minimum atomic E-state index is -0.162. The van der Waals surface area contributed by atoms with Gasteiger partial charge < -0.3 is 9.64 Å². The van der Waals surface area contributed by atoms with Crippen LogP contribution in [0.4, 0.5) is 0 Å². The molecule has 0 radical (unpaired) electrons. The molecule has 172 valence electrons. The number of amides is 1. The van der Waals surface area contributed by atoms with Crippen LogP contribution in [-0.4, -0.2) is 39.5 Å². The van der Waals surface area contributed by atoms with Crippen molar-refractivity contribution in [1.29, 1.82) is 0 Å². The summed E-state index contributed by atoms with van der Waals surface area (Å²) in [6.45, 7) is 5.23. The zero-order valence-corrected chi connectivity index (χ0v) is 19.6. The van der Waals surface area contributed by atoms with E-state index in [2.05, 4.69) is 5.10 Å². The van der Waals surface area contributed by atoms with Crippen molar-refractivity contribution in [3.8, 4) is 11.5 Å². The normalized spacial score (nSPS) is 16.0. The van der Waals surface area contributed by atoms with Gasteiger partial charge in [0, 0.05) is 43.7 Å². The third-order valence-corrected chi connectivity index (χ3v) is 6.51. The third-order valence-electron chi connectivity index (χ3n) is 6.51. The average Bonchev–Trinajstić information content (AvgIpc) is 3.08. The lowest BCUT2D eigenvalue weighted by Gasteiger charge is -2.32. The topological polar surface area (TPSA) is 64.4 Å². The van der Waals surface area contributed by atoms with Gasteiger partial charge in [-0.15, -0.1) is 0 Å². The Labute approximate surface area is 195 Å². The molecule has 33 heavy (non-hydrogen) atoms. The average molecular weight is 446 g/mol. The quantitative estimate of drug-likeness (QED) is 0.486. The van der Waals surface area contributed by atoms with E-state index in [9.17, 15) is 9.59 Å². The number of carbonyl (C=O) groups is 2. The van der Waals surface area contributed by atoms with Crippen LogP contribution in [0.3, 0.4) is 0 Å². The zero-order valence-electron chi connectivity index (χ0n) is 19.6. The lowest BCUT2D eigenvalue weighted by Crippen LogP contribution is -2.42. The molecular formula is C27H31N3O3. The van der Waals surface area contributed by atoms with Crippen molar-refractivity contribution in [2.24, 2.45) is 13.0 Å². The van der Waals surface area contributed by atoms with Crippen LogP contribution in [0.5, 0.6) is 11.5 Å². The van der Waals surface area contributed by atoms with E-state index in [4.69, 9.17) is 4.74 Å². The minimum absolute atomic E-state index is 0.0951. The van der Waals surface area contributed by atoms with E-state index in [1.54, 1.807) is 0 Å². The van der Waals surface area contributed by atoms with E-state index in [1.807, 2.05) is 85.1 Å². The number of nitrogens with zero attached hydrogens (tertiary/aromatic N) is 3. The van der Waals surface area contributed by atoms with Gasteiger partial charge in [0.2, 0.25) is 5.91 Å². The van der Waals surface area contributed by atoms with Gasteiger partial charge in [-0.2, -0.15) is 5.10 Å². The third kappa shape index (κ3) is 5.33. The number of likely N-dealkylation sites (tertiary alicyclic amines) is 1. The molecule has 1 aliphatic rings. The standard InChI is InChI=1S/C27H31N3O3/c1-19-25(20(2)29(3)28-19)15-16-26(31)30-17-7-8-22(18-30)27(32)21-11-13-24(14-12-21)33-23-9-5-4-6-10-23/h4-6,9-14,22H,7-8,15-18H2,1-3H3/t22-/m0/s1. The molecule has 0 aliphatic carbocycles. The number of para-hydroxylation sites is 1. The molecule has 1 aromatic heterocycles. The molecule has 3 aromatic rings. The summed E-state index contributed by atoms with van der Waals surface area (Å²) >= 11 is 0. The predicted molar refractivity (Wildman–Crippen MR) is 128 cm³/mol. The van der Waals surface area contributed by atoms with Crippen LogP contribution in [0.15, 0.2) is 54.6 Å². The fraction of sp³-hybridized carbons (Fsp3) is 0.370. The van der Waals surface area contributed by atoms with Crippen molar-refractivity contribution >= 4 is 11.7 Å².